The summed E-state index contributed by atoms with van der Waals surface area (Å²) in [6, 6.07) is 16.2. The fourth-order valence-corrected chi connectivity index (χ4v) is 2.96. The van der Waals surface area contributed by atoms with Crippen molar-refractivity contribution in [1.82, 2.24) is 15.6 Å². The lowest BCUT2D eigenvalue weighted by Crippen LogP contribution is -2.37. The Morgan fingerprint density at radius 2 is 1.77 bits per heavy atom. The van der Waals surface area contributed by atoms with Crippen LogP contribution in [0.5, 0.6) is 5.75 Å². The number of nitrogens with zero attached hydrogens (tertiary/aromatic N) is 2. The van der Waals surface area contributed by atoms with Crippen molar-refractivity contribution in [3.63, 3.8) is 0 Å². The van der Waals surface area contributed by atoms with Crippen LogP contribution in [0.25, 0.3) is 0 Å². The highest BCUT2D eigenvalue weighted by atomic mass is 16.5. The lowest BCUT2D eigenvalue weighted by Gasteiger charge is -2.15. The van der Waals surface area contributed by atoms with Crippen LogP contribution in [0.3, 0.4) is 0 Å². The van der Waals surface area contributed by atoms with Gasteiger partial charge in [-0.1, -0.05) is 42.5 Å². The fraction of sp³-hybridized carbons (Fsp3) is 0.273. The van der Waals surface area contributed by atoms with Gasteiger partial charge in [0, 0.05) is 19.6 Å². The molecule has 156 valence electrons. The average molecular weight is 408 g/mol. The van der Waals surface area contributed by atoms with Crippen molar-refractivity contribution in [2.75, 3.05) is 19.7 Å². The summed E-state index contributed by atoms with van der Waals surface area (Å²) in [5, 5.41) is 6.33. The van der Waals surface area contributed by atoms with E-state index >= 15 is 0 Å². The van der Waals surface area contributed by atoms with E-state index in [0.29, 0.717) is 11.3 Å². The molecule has 8 heteroatoms. The maximum atomic E-state index is 12.0. The van der Waals surface area contributed by atoms with E-state index in [-0.39, 0.29) is 19.1 Å². The smallest absolute Gasteiger partial charge is 0.329 e. The number of hydrogen-bond donors (Lipinski definition) is 2. The monoisotopic (exact) mass is 408 g/mol. The Labute approximate surface area is 174 Å². The number of carbonyl (C=O) groups is 3. The van der Waals surface area contributed by atoms with Crippen LogP contribution in [0.15, 0.2) is 59.7 Å². The van der Waals surface area contributed by atoms with Crippen molar-refractivity contribution in [3.05, 3.63) is 65.7 Å². The van der Waals surface area contributed by atoms with Gasteiger partial charge in [0.25, 0.3) is 5.91 Å². The summed E-state index contributed by atoms with van der Waals surface area (Å²) in [5.74, 6) is -1.13. The Balaban J connectivity index is 1.43. The largest absolute Gasteiger partial charge is 0.484 e. The van der Waals surface area contributed by atoms with Crippen LogP contribution in [0.1, 0.15) is 24.0 Å². The van der Waals surface area contributed by atoms with Crippen molar-refractivity contribution in [1.29, 1.82) is 0 Å². The molecule has 3 amide bonds. The maximum Gasteiger partial charge on any atom is 0.329 e. The molecule has 0 atom stereocenters. The average Bonchev–Trinajstić information content (AvgIpc) is 3.32. The van der Waals surface area contributed by atoms with Gasteiger partial charge >= 0.3 is 11.8 Å². The van der Waals surface area contributed by atoms with E-state index in [1.807, 2.05) is 30.3 Å². The Bertz CT molecular complexity index is 908. The predicted molar refractivity (Wildman–Crippen MR) is 112 cm³/mol. The van der Waals surface area contributed by atoms with E-state index in [9.17, 15) is 14.4 Å². The molecule has 1 aliphatic heterocycles. The van der Waals surface area contributed by atoms with Crippen LogP contribution in [-0.2, 0) is 20.9 Å². The minimum Gasteiger partial charge on any atom is -0.484 e. The number of nitrogens with one attached hydrogen (secondary N) is 2. The third kappa shape index (κ3) is 6.44. The van der Waals surface area contributed by atoms with Gasteiger partial charge in [0.15, 0.2) is 6.61 Å². The summed E-state index contributed by atoms with van der Waals surface area (Å²) in [5.41, 5.74) is 3.74. The van der Waals surface area contributed by atoms with Gasteiger partial charge in [-0.05, 0) is 36.1 Å². The first-order valence-electron chi connectivity index (χ1n) is 9.77. The van der Waals surface area contributed by atoms with Crippen LogP contribution in [0.4, 0.5) is 0 Å². The van der Waals surface area contributed by atoms with Gasteiger partial charge in [0.1, 0.15) is 5.75 Å². The summed E-state index contributed by atoms with van der Waals surface area (Å²) in [7, 11) is 0. The molecule has 0 radical (unpaired) electrons. The molecule has 0 spiro atoms. The Kier molecular flexibility index (Phi) is 7.54. The van der Waals surface area contributed by atoms with Crippen LogP contribution in [0, 0.1) is 0 Å². The van der Waals surface area contributed by atoms with E-state index in [1.165, 1.54) is 6.21 Å². The molecule has 1 aliphatic rings. The Morgan fingerprint density at radius 3 is 2.53 bits per heavy atom. The van der Waals surface area contributed by atoms with Crippen molar-refractivity contribution in [2.24, 2.45) is 5.10 Å². The molecule has 0 bridgehead atoms. The van der Waals surface area contributed by atoms with Gasteiger partial charge in [-0.2, -0.15) is 5.10 Å². The first-order valence-corrected chi connectivity index (χ1v) is 9.77. The summed E-state index contributed by atoms with van der Waals surface area (Å²) in [6.45, 7) is 1.81. The van der Waals surface area contributed by atoms with Gasteiger partial charge in [0.2, 0.25) is 0 Å². The van der Waals surface area contributed by atoms with Crippen molar-refractivity contribution in [3.8, 4) is 5.75 Å². The first-order chi connectivity index (χ1) is 14.6. The van der Waals surface area contributed by atoms with Crippen LogP contribution < -0.4 is 15.5 Å². The van der Waals surface area contributed by atoms with Gasteiger partial charge in [0.05, 0.1) is 6.21 Å². The highest BCUT2D eigenvalue weighted by molar-refractivity contribution is 6.35. The minimum absolute atomic E-state index is 0.0150. The molecule has 1 heterocycles. The summed E-state index contributed by atoms with van der Waals surface area (Å²) in [6.07, 6.45) is 3.47. The first kappa shape index (κ1) is 21.0. The lowest BCUT2D eigenvalue weighted by atomic mass is 10.2. The van der Waals surface area contributed by atoms with Crippen molar-refractivity contribution < 1.29 is 19.1 Å². The molecular weight excluding hydrogens is 384 g/mol. The Morgan fingerprint density at radius 1 is 1.00 bits per heavy atom. The zero-order valence-electron chi connectivity index (χ0n) is 16.5. The quantitative estimate of drug-likeness (QED) is 0.411. The number of ether oxygens (including phenoxy) is 1. The highest BCUT2D eigenvalue weighted by Crippen LogP contribution is 2.13. The van der Waals surface area contributed by atoms with Gasteiger partial charge in [-0.25, -0.2) is 5.43 Å². The molecule has 30 heavy (non-hydrogen) atoms. The van der Waals surface area contributed by atoms with E-state index in [0.717, 1.165) is 31.5 Å². The summed E-state index contributed by atoms with van der Waals surface area (Å²) in [4.78, 5) is 37.5. The van der Waals surface area contributed by atoms with E-state index < -0.39 is 11.8 Å². The third-order valence-corrected chi connectivity index (χ3v) is 4.56. The van der Waals surface area contributed by atoms with Gasteiger partial charge in [-0.3, -0.25) is 14.4 Å². The number of amides is 3. The normalized spacial score (nSPS) is 13.3. The van der Waals surface area contributed by atoms with E-state index in [1.54, 1.807) is 29.2 Å². The second kappa shape index (κ2) is 10.8. The highest BCUT2D eigenvalue weighted by Gasteiger charge is 2.18. The topological polar surface area (TPSA) is 100 Å². The maximum absolute atomic E-state index is 12.0. The molecule has 0 unspecified atom stereocenters. The lowest BCUT2D eigenvalue weighted by molar-refractivity contribution is -0.139. The molecule has 2 aromatic carbocycles. The molecule has 1 fully saturated rings. The van der Waals surface area contributed by atoms with Crippen LogP contribution in [0.2, 0.25) is 0 Å². The molecule has 8 nitrogen and oxygen atoms in total. The summed E-state index contributed by atoms with van der Waals surface area (Å²) < 4.78 is 5.56. The standard InChI is InChI=1S/C22H24N4O4/c27-20(26-11-4-5-12-26)16-30-19-10-6-9-18(13-19)15-24-25-22(29)21(28)23-14-17-7-2-1-3-8-17/h1-3,6-10,13,15H,4-5,11-12,14,16H2,(H,23,28)(H,25,29)/b24-15-. The zero-order chi connectivity index (χ0) is 21.2. The number of carbonyl (C=O) groups excluding carboxylic acids is 3. The summed E-state index contributed by atoms with van der Waals surface area (Å²) >= 11 is 0. The molecule has 1 saturated heterocycles. The van der Waals surface area contributed by atoms with Gasteiger partial charge < -0.3 is 15.0 Å². The molecule has 0 aromatic heterocycles. The minimum atomic E-state index is -0.856. The van der Waals surface area contributed by atoms with Crippen molar-refractivity contribution in [2.45, 2.75) is 19.4 Å². The molecule has 2 N–H and O–H groups in total. The SMILES string of the molecule is O=C(NCc1ccccc1)C(=O)N/N=C\c1cccc(OCC(=O)N2CCCC2)c1. The van der Waals surface area contributed by atoms with Crippen molar-refractivity contribution >= 4 is 23.9 Å². The van der Waals surface area contributed by atoms with E-state index in [2.05, 4.69) is 15.8 Å². The molecule has 0 saturated carbocycles. The predicted octanol–water partition coefficient (Wildman–Crippen LogP) is 1.45. The molecule has 0 aliphatic carbocycles. The molecule has 3 rings (SSSR count). The number of rotatable bonds is 7. The second-order valence-corrected chi connectivity index (χ2v) is 6.82. The number of likely N-dealkylation sites (tertiary alicyclic amines) is 1. The fourth-order valence-electron chi connectivity index (χ4n) is 2.96. The Hall–Kier alpha value is -3.68. The zero-order valence-corrected chi connectivity index (χ0v) is 16.5. The van der Waals surface area contributed by atoms with E-state index in [4.69, 9.17) is 4.74 Å². The number of benzene rings is 2. The third-order valence-electron chi connectivity index (χ3n) is 4.56. The van der Waals surface area contributed by atoms with Crippen LogP contribution >= 0.6 is 0 Å². The van der Waals surface area contributed by atoms with Crippen LogP contribution in [-0.4, -0.2) is 48.5 Å². The number of hydrogen-bond acceptors (Lipinski definition) is 5. The van der Waals surface area contributed by atoms with Gasteiger partial charge in [-0.15, -0.1) is 0 Å². The molecule has 2 aromatic rings. The molecular formula is C22H24N4O4. The number of hydrazone groups is 1. The second-order valence-electron chi connectivity index (χ2n) is 6.82.